The number of hydrogen-bond donors (Lipinski definition) is 4. The average molecular weight is 224 g/mol. The zero-order chi connectivity index (χ0) is 10.1. The first-order chi connectivity index (χ1) is 6.20. The van der Waals surface area contributed by atoms with Gasteiger partial charge in [0.2, 0.25) is 0 Å². The van der Waals surface area contributed by atoms with Crippen LogP contribution in [0, 0.1) is 0 Å². The topological polar surface area (TPSA) is 40.5 Å². The zero-order valence-electron chi connectivity index (χ0n) is 7.89. The van der Waals surface area contributed by atoms with E-state index in [0.717, 1.165) is 32.1 Å². The molecule has 0 aromatic rings. The molecule has 0 bridgehead atoms. The van der Waals surface area contributed by atoms with E-state index in [4.69, 9.17) is 10.2 Å². The predicted molar refractivity (Wildman–Crippen MR) is 62.8 cm³/mol. The molecule has 0 aliphatic heterocycles. The van der Waals surface area contributed by atoms with E-state index in [9.17, 15) is 0 Å². The summed E-state index contributed by atoms with van der Waals surface area (Å²) in [5, 5.41) is 17.9. The molecule has 0 aliphatic rings. The molecule has 0 spiro atoms. The summed E-state index contributed by atoms with van der Waals surface area (Å²) in [4.78, 5) is 0. The van der Waals surface area contributed by atoms with Gasteiger partial charge in [0.15, 0.2) is 0 Å². The summed E-state index contributed by atoms with van der Waals surface area (Å²) in [6, 6.07) is 0. The van der Waals surface area contributed by atoms with Gasteiger partial charge >= 0.3 is 0 Å². The van der Waals surface area contributed by atoms with Gasteiger partial charge in [0.25, 0.3) is 0 Å². The van der Waals surface area contributed by atoms with Crippen molar-refractivity contribution in [3.05, 3.63) is 0 Å². The molecule has 4 heteroatoms. The molecule has 2 atom stereocenters. The summed E-state index contributed by atoms with van der Waals surface area (Å²) in [6.07, 6.45) is 4.64. The Bertz CT molecular complexity index is 99.8. The first kappa shape index (κ1) is 13.6. The summed E-state index contributed by atoms with van der Waals surface area (Å²) in [5.74, 6) is 0. The van der Waals surface area contributed by atoms with Crippen molar-refractivity contribution >= 4 is 25.3 Å². The van der Waals surface area contributed by atoms with Crippen LogP contribution in [0.3, 0.4) is 0 Å². The van der Waals surface area contributed by atoms with Gasteiger partial charge in [-0.25, -0.2) is 0 Å². The third-order valence-corrected chi connectivity index (χ3v) is 3.03. The van der Waals surface area contributed by atoms with Crippen LogP contribution in [0.15, 0.2) is 0 Å². The summed E-state index contributed by atoms with van der Waals surface area (Å²) in [7, 11) is 0. The molecule has 2 N–H and O–H groups in total. The molecule has 0 aromatic heterocycles. The van der Waals surface area contributed by atoms with Crippen molar-refractivity contribution in [1.29, 1.82) is 0 Å². The standard InChI is InChI=1S/C9H20O2S2/c10-6-4-8(12)2-1-3-9(13)5-7-11/h8-13H,1-7H2. The molecular formula is C9H20O2S2. The normalized spacial score (nSPS) is 15.7. The lowest BCUT2D eigenvalue weighted by Gasteiger charge is -2.11. The zero-order valence-corrected chi connectivity index (χ0v) is 9.68. The Morgan fingerprint density at radius 3 is 1.46 bits per heavy atom. The number of thiol groups is 2. The van der Waals surface area contributed by atoms with Crippen LogP contribution in [0.4, 0.5) is 0 Å². The second kappa shape index (κ2) is 9.19. The minimum Gasteiger partial charge on any atom is -0.396 e. The molecule has 0 aliphatic carbocycles. The molecule has 0 saturated heterocycles. The SMILES string of the molecule is OCCC(S)CCCC(S)CCO. The van der Waals surface area contributed by atoms with Crippen LogP contribution in [-0.4, -0.2) is 33.9 Å². The minimum absolute atomic E-state index is 0.217. The number of rotatable bonds is 8. The van der Waals surface area contributed by atoms with Crippen molar-refractivity contribution in [2.24, 2.45) is 0 Å². The number of aliphatic hydroxyl groups is 2. The van der Waals surface area contributed by atoms with Crippen LogP contribution in [0.25, 0.3) is 0 Å². The van der Waals surface area contributed by atoms with Crippen molar-refractivity contribution in [1.82, 2.24) is 0 Å². The van der Waals surface area contributed by atoms with Gasteiger partial charge in [-0.2, -0.15) is 25.3 Å². The maximum Gasteiger partial charge on any atom is 0.0441 e. The van der Waals surface area contributed by atoms with Gasteiger partial charge in [-0.05, 0) is 25.7 Å². The second-order valence-electron chi connectivity index (χ2n) is 3.26. The van der Waals surface area contributed by atoms with Crippen LogP contribution in [0.1, 0.15) is 32.1 Å². The van der Waals surface area contributed by atoms with Gasteiger partial charge in [0.1, 0.15) is 0 Å². The van der Waals surface area contributed by atoms with E-state index >= 15 is 0 Å². The molecule has 2 unspecified atom stereocenters. The van der Waals surface area contributed by atoms with E-state index < -0.39 is 0 Å². The third-order valence-electron chi connectivity index (χ3n) is 2.00. The van der Waals surface area contributed by atoms with E-state index in [1.165, 1.54) is 0 Å². The molecular weight excluding hydrogens is 204 g/mol. The Morgan fingerprint density at radius 1 is 0.769 bits per heavy atom. The highest BCUT2D eigenvalue weighted by molar-refractivity contribution is 7.81. The van der Waals surface area contributed by atoms with Crippen LogP contribution in [0.2, 0.25) is 0 Å². The second-order valence-corrected chi connectivity index (χ2v) is 4.72. The maximum atomic E-state index is 8.63. The Morgan fingerprint density at radius 2 is 1.15 bits per heavy atom. The molecule has 0 heterocycles. The van der Waals surface area contributed by atoms with Crippen molar-refractivity contribution in [3.63, 3.8) is 0 Å². The smallest absolute Gasteiger partial charge is 0.0441 e. The van der Waals surface area contributed by atoms with E-state index in [1.54, 1.807) is 0 Å². The summed E-state index contributed by atoms with van der Waals surface area (Å²) in [5.41, 5.74) is 0. The van der Waals surface area contributed by atoms with Crippen molar-refractivity contribution in [2.45, 2.75) is 42.6 Å². The first-order valence-electron chi connectivity index (χ1n) is 4.78. The average Bonchev–Trinajstić information content (AvgIpc) is 2.05. The number of hydrogen-bond acceptors (Lipinski definition) is 4. The molecule has 0 saturated carbocycles. The molecule has 0 amide bonds. The van der Waals surface area contributed by atoms with Gasteiger partial charge in [-0.1, -0.05) is 6.42 Å². The Kier molecular flexibility index (Phi) is 9.62. The lowest BCUT2D eigenvalue weighted by Crippen LogP contribution is -2.05. The van der Waals surface area contributed by atoms with E-state index in [0.29, 0.717) is 10.5 Å². The molecule has 0 fully saturated rings. The molecule has 13 heavy (non-hydrogen) atoms. The van der Waals surface area contributed by atoms with E-state index in [-0.39, 0.29) is 13.2 Å². The predicted octanol–water partition coefficient (Wildman–Crippen LogP) is 1.52. The third kappa shape index (κ3) is 8.94. The molecule has 80 valence electrons. The van der Waals surface area contributed by atoms with Crippen LogP contribution >= 0.6 is 25.3 Å². The highest BCUT2D eigenvalue weighted by atomic mass is 32.1. The number of aliphatic hydroxyl groups excluding tert-OH is 2. The van der Waals surface area contributed by atoms with Crippen molar-refractivity contribution in [2.75, 3.05) is 13.2 Å². The van der Waals surface area contributed by atoms with Gasteiger partial charge in [-0.15, -0.1) is 0 Å². The van der Waals surface area contributed by atoms with Crippen molar-refractivity contribution in [3.8, 4) is 0 Å². The van der Waals surface area contributed by atoms with Gasteiger partial charge in [0.05, 0.1) is 0 Å². The molecule has 2 nitrogen and oxygen atoms in total. The highest BCUT2D eigenvalue weighted by Crippen LogP contribution is 2.15. The van der Waals surface area contributed by atoms with Crippen molar-refractivity contribution < 1.29 is 10.2 Å². The van der Waals surface area contributed by atoms with E-state index in [2.05, 4.69) is 25.3 Å². The monoisotopic (exact) mass is 224 g/mol. The maximum absolute atomic E-state index is 8.63. The van der Waals surface area contributed by atoms with Crippen LogP contribution < -0.4 is 0 Å². The quantitative estimate of drug-likeness (QED) is 0.472. The van der Waals surface area contributed by atoms with Crippen LogP contribution in [-0.2, 0) is 0 Å². The minimum atomic E-state index is 0.217. The largest absolute Gasteiger partial charge is 0.396 e. The Labute approximate surface area is 91.6 Å². The summed E-state index contributed by atoms with van der Waals surface area (Å²) < 4.78 is 0. The fourth-order valence-electron chi connectivity index (χ4n) is 1.18. The Hall–Kier alpha value is 0.620. The van der Waals surface area contributed by atoms with Gasteiger partial charge in [0, 0.05) is 23.7 Å². The molecule has 0 radical (unpaired) electrons. The molecule has 0 aromatic carbocycles. The summed E-state index contributed by atoms with van der Waals surface area (Å²) in [6.45, 7) is 0.435. The van der Waals surface area contributed by atoms with E-state index in [1.807, 2.05) is 0 Å². The lowest BCUT2D eigenvalue weighted by molar-refractivity contribution is 0.281. The fourth-order valence-corrected chi connectivity index (χ4v) is 1.77. The summed E-state index contributed by atoms with van der Waals surface area (Å²) >= 11 is 8.66. The first-order valence-corrected chi connectivity index (χ1v) is 5.81. The fraction of sp³-hybridized carbons (Fsp3) is 1.00. The Balaban J connectivity index is 3.23. The van der Waals surface area contributed by atoms with Gasteiger partial charge in [-0.3, -0.25) is 0 Å². The van der Waals surface area contributed by atoms with Crippen LogP contribution in [0.5, 0.6) is 0 Å². The lowest BCUT2D eigenvalue weighted by atomic mass is 10.1. The van der Waals surface area contributed by atoms with Gasteiger partial charge < -0.3 is 10.2 Å². The highest BCUT2D eigenvalue weighted by Gasteiger charge is 2.05. The molecule has 0 rings (SSSR count).